The molecule has 1 heterocycles. The standard InChI is InChI=1S/C18H28N2O/c1-6-19-12-16-7-8-18-17(11-16)14(4)15(5)20(18)9-10-21-13(2)3/h7-8,11,13,19H,6,9-10,12H2,1-5H3. The predicted octanol–water partition coefficient (Wildman–Crippen LogP) is 3.79. The quantitative estimate of drug-likeness (QED) is 0.839. The van der Waals surface area contributed by atoms with Crippen LogP contribution in [0.5, 0.6) is 0 Å². The lowest BCUT2D eigenvalue weighted by atomic mass is 10.1. The van der Waals surface area contributed by atoms with E-state index in [1.54, 1.807) is 0 Å². The van der Waals surface area contributed by atoms with Crippen molar-refractivity contribution < 1.29 is 4.74 Å². The summed E-state index contributed by atoms with van der Waals surface area (Å²) in [4.78, 5) is 0. The maximum atomic E-state index is 5.70. The smallest absolute Gasteiger partial charge is 0.0649 e. The third-order valence-corrected chi connectivity index (χ3v) is 4.05. The summed E-state index contributed by atoms with van der Waals surface area (Å²) in [5.41, 5.74) is 5.39. The number of hydrogen-bond donors (Lipinski definition) is 1. The fourth-order valence-corrected chi connectivity index (χ4v) is 2.74. The Morgan fingerprint density at radius 1 is 1.24 bits per heavy atom. The number of benzene rings is 1. The number of aryl methyl sites for hydroxylation is 1. The summed E-state index contributed by atoms with van der Waals surface area (Å²) >= 11 is 0. The summed E-state index contributed by atoms with van der Waals surface area (Å²) in [7, 11) is 0. The molecule has 116 valence electrons. The highest BCUT2D eigenvalue weighted by atomic mass is 16.5. The lowest BCUT2D eigenvalue weighted by Gasteiger charge is -2.11. The van der Waals surface area contributed by atoms with Crippen LogP contribution in [0.3, 0.4) is 0 Å². The van der Waals surface area contributed by atoms with Gasteiger partial charge in [-0.25, -0.2) is 0 Å². The first-order chi connectivity index (χ1) is 10.0. The fraction of sp³-hybridized carbons (Fsp3) is 0.556. The van der Waals surface area contributed by atoms with Crippen molar-refractivity contribution in [1.29, 1.82) is 0 Å². The molecule has 0 radical (unpaired) electrons. The van der Waals surface area contributed by atoms with Crippen molar-refractivity contribution in [3.63, 3.8) is 0 Å². The highest BCUT2D eigenvalue weighted by Gasteiger charge is 2.11. The average Bonchev–Trinajstić information content (AvgIpc) is 2.69. The topological polar surface area (TPSA) is 26.2 Å². The summed E-state index contributed by atoms with van der Waals surface area (Å²) < 4.78 is 8.08. The SMILES string of the molecule is CCNCc1ccc2c(c1)c(C)c(C)n2CCOC(C)C. The Morgan fingerprint density at radius 3 is 2.67 bits per heavy atom. The lowest BCUT2D eigenvalue weighted by Crippen LogP contribution is -2.12. The molecule has 0 bridgehead atoms. The van der Waals surface area contributed by atoms with E-state index in [0.29, 0.717) is 6.10 Å². The molecule has 3 nitrogen and oxygen atoms in total. The summed E-state index contributed by atoms with van der Waals surface area (Å²) in [5.74, 6) is 0. The molecule has 3 heteroatoms. The highest BCUT2D eigenvalue weighted by molar-refractivity contribution is 5.86. The van der Waals surface area contributed by atoms with Crippen molar-refractivity contribution in [3.8, 4) is 0 Å². The van der Waals surface area contributed by atoms with Crippen LogP contribution in [-0.4, -0.2) is 23.8 Å². The van der Waals surface area contributed by atoms with E-state index in [1.807, 2.05) is 0 Å². The summed E-state index contributed by atoms with van der Waals surface area (Å²) in [5, 5.41) is 4.76. The molecule has 0 spiro atoms. The van der Waals surface area contributed by atoms with Gasteiger partial charge >= 0.3 is 0 Å². The second kappa shape index (κ2) is 7.10. The first-order valence-corrected chi connectivity index (χ1v) is 7.95. The Labute approximate surface area is 128 Å². The second-order valence-electron chi connectivity index (χ2n) is 5.91. The second-order valence-corrected chi connectivity index (χ2v) is 5.91. The van der Waals surface area contributed by atoms with Crippen LogP contribution in [0.15, 0.2) is 18.2 Å². The van der Waals surface area contributed by atoms with Gasteiger partial charge in [-0.05, 0) is 57.5 Å². The minimum atomic E-state index is 0.292. The highest BCUT2D eigenvalue weighted by Crippen LogP contribution is 2.26. The van der Waals surface area contributed by atoms with Gasteiger partial charge in [0, 0.05) is 29.7 Å². The molecule has 21 heavy (non-hydrogen) atoms. The van der Waals surface area contributed by atoms with Crippen LogP contribution in [-0.2, 0) is 17.8 Å². The minimum absolute atomic E-state index is 0.292. The summed E-state index contributed by atoms with van der Waals surface area (Å²) in [6, 6.07) is 6.79. The van der Waals surface area contributed by atoms with Gasteiger partial charge in [0.1, 0.15) is 0 Å². The number of nitrogens with zero attached hydrogens (tertiary/aromatic N) is 1. The van der Waals surface area contributed by atoms with Gasteiger partial charge in [-0.1, -0.05) is 13.0 Å². The Kier molecular flexibility index (Phi) is 5.43. The molecule has 0 aliphatic carbocycles. The number of rotatable bonds is 7. The van der Waals surface area contributed by atoms with Crippen molar-refractivity contribution in [2.45, 2.75) is 53.8 Å². The molecular weight excluding hydrogens is 260 g/mol. The van der Waals surface area contributed by atoms with Gasteiger partial charge in [-0.3, -0.25) is 0 Å². The van der Waals surface area contributed by atoms with Gasteiger partial charge in [0.05, 0.1) is 12.7 Å². The van der Waals surface area contributed by atoms with Crippen LogP contribution >= 0.6 is 0 Å². The maximum absolute atomic E-state index is 5.70. The van der Waals surface area contributed by atoms with E-state index in [9.17, 15) is 0 Å². The minimum Gasteiger partial charge on any atom is -0.377 e. The van der Waals surface area contributed by atoms with Crippen LogP contribution in [0.4, 0.5) is 0 Å². The molecule has 0 aliphatic heterocycles. The molecule has 2 aromatic rings. The zero-order chi connectivity index (χ0) is 15.4. The molecule has 0 aliphatic rings. The van der Waals surface area contributed by atoms with E-state index in [2.05, 4.69) is 62.7 Å². The molecule has 0 fully saturated rings. The summed E-state index contributed by atoms with van der Waals surface area (Å²) in [6.07, 6.45) is 0.292. The first kappa shape index (κ1) is 16.1. The Bertz CT molecular complexity index is 599. The molecule has 0 unspecified atom stereocenters. The molecule has 0 saturated carbocycles. The largest absolute Gasteiger partial charge is 0.377 e. The van der Waals surface area contributed by atoms with E-state index in [1.165, 1.54) is 27.7 Å². The number of aromatic nitrogens is 1. The third-order valence-electron chi connectivity index (χ3n) is 4.05. The average molecular weight is 288 g/mol. The van der Waals surface area contributed by atoms with Crippen molar-refractivity contribution >= 4 is 10.9 Å². The molecule has 2 rings (SSSR count). The zero-order valence-electron chi connectivity index (χ0n) is 14.0. The molecule has 1 aromatic heterocycles. The van der Waals surface area contributed by atoms with Gasteiger partial charge < -0.3 is 14.6 Å². The first-order valence-electron chi connectivity index (χ1n) is 7.95. The third kappa shape index (κ3) is 3.66. The van der Waals surface area contributed by atoms with Crippen LogP contribution in [0, 0.1) is 13.8 Å². The van der Waals surface area contributed by atoms with E-state index < -0.39 is 0 Å². The molecule has 0 saturated heterocycles. The normalized spacial score (nSPS) is 11.7. The van der Waals surface area contributed by atoms with Crippen molar-refractivity contribution in [3.05, 3.63) is 35.0 Å². The fourth-order valence-electron chi connectivity index (χ4n) is 2.74. The molecule has 0 atom stereocenters. The van der Waals surface area contributed by atoms with Crippen LogP contribution < -0.4 is 5.32 Å². The van der Waals surface area contributed by atoms with Crippen LogP contribution in [0.25, 0.3) is 10.9 Å². The number of ether oxygens (including phenoxy) is 1. The Balaban J connectivity index is 2.27. The van der Waals surface area contributed by atoms with Gasteiger partial charge in [-0.2, -0.15) is 0 Å². The predicted molar refractivity (Wildman–Crippen MR) is 89.9 cm³/mol. The van der Waals surface area contributed by atoms with E-state index in [-0.39, 0.29) is 0 Å². The van der Waals surface area contributed by atoms with E-state index >= 15 is 0 Å². The monoisotopic (exact) mass is 288 g/mol. The van der Waals surface area contributed by atoms with Crippen molar-refractivity contribution in [1.82, 2.24) is 9.88 Å². The molecule has 0 amide bonds. The van der Waals surface area contributed by atoms with Gasteiger partial charge in [0.2, 0.25) is 0 Å². The van der Waals surface area contributed by atoms with Gasteiger partial charge in [0.15, 0.2) is 0 Å². The zero-order valence-corrected chi connectivity index (χ0v) is 14.0. The molecular formula is C18H28N2O. The molecule has 1 aromatic carbocycles. The van der Waals surface area contributed by atoms with Crippen molar-refractivity contribution in [2.24, 2.45) is 0 Å². The van der Waals surface area contributed by atoms with Gasteiger partial charge in [0.25, 0.3) is 0 Å². The van der Waals surface area contributed by atoms with Crippen molar-refractivity contribution in [2.75, 3.05) is 13.2 Å². The van der Waals surface area contributed by atoms with Crippen LogP contribution in [0.2, 0.25) is 0 Å². The number of fused-ring (bicyclic) bond motifs is 1. The summed E-state index contributed by atoms with van der Waals surface area (Å²) in [6.45, 7) is 14.3. The number of hydrogen-bond acceptors (Lipinski definition) is 2. The number of nitrogens with one attached hydrogen (secondary N) is 1. The maximum Gasteiger partial charge on any atom is 0.0649 e. The van der Waals surface area contributed by atoms with E-state index in [0.717, 1.165) is 26.2 Å². The Hall–Kier alpha value is -1.32. The Morgan fingerprint density at radius 2 is 2.00 bits per heavy atom. The van der Waals surface area contributed by atoms with Gasteiger partial charge in [-0.15, -0.1) is 0 Å². The van der Waals surface area contributed by atoms with Crippen LogP contribution in [0.1, 0.15) is 37.6 Å². The molecule has 1 N–H and O–H groups in total. The lowest BCUT2D eigenvalue weighted by molar-refractivity contribution is 0.0731. The van der Waals surface area contributed by atoms with E-state index in [4.69, 9.17) is 4.74 Å².